The minimum absolute atomic E-state index is 0.576. The Bertz CT molecular complexity index is 615. The van der Waals surface area contributed by atoms with Crippen molar-refractivity contribution in [1.82, 2.24) is 9.97 Å². The number of rotatable bonds is 5. The Balaban J connectivity index is 2.18. The molecule has 1 aromatic heterocycles. The maximum atomic E-state index is 11.1. The molecule has 1 aromatic carbocycles. The van der Waals surface area contributed by atoms with Gasteiger partial charge in [0.1, 0.15) is 5.82 Å². The number of hydrogen-bond acceptors (Lipinski definition) is 3. The molecule has 0 fully saturated rings. The normalized spacial score (nSPS) is 12.1. The lowest BCUT2D eigenvalue weighted by molar-refractivity contribution is -0.138. The molecule has 0 aliphatic carbocycles. The zero-order valence-corrected chi connectivity index (χ0v) is 12.6. The van der Waals surface area contributed by atoms with Crippen LogP contribution in [-0.2, 0) is 17.6 Å². The fourth-order valence-electron chi connectivity index (χ4n) is 2.56. The van der Waals surface area contributed by atoms with Gasteiger partial charge in [0.05, 0.1) is 5.92 Å². The summed E-state index contributed by atoms with van der Waals surface area (Å²) in [7, 11) is 0. The Morgan fingerprint density at radius 3 is 2.19 bits per heavy atom. The van der Waals surface area contributed by atoms with Crippen LogP contribution in [0.1, 0.15) is 41.2 Å². The third kappa shape index (κ3) is 3.66. The van der Waals surface area contributed by atoms with Crippen LogP contribution in [0.15, 0.2) is 30.3 Å². The number of carboxylic acids is 1. The molecule has 0 aliphatic heterocycles. The Hall–Kier alpha value is -2.23. The second kappa shape index (κ2) is 6.48. The number of aliphatic carboxylic acids is 1. The monoisotopic (exact) mass is 284 g/mol. The van der Waals surface area contributed by atoms with Crippen molar-refractivity contribution in [3.63, 3.8) is 0 Å². The lowest BCUT2D eigenvalue weighted by atomic mass is 9.98. The van der Waals surface area contributed by atoms with Gasteiger partial charge in [0, 0.05) is 23.4 Å². The average Bonchev–Trinajstić information content (AvgIpc) is 2.45. The molecule has 0 aliphatic rings. The molecule has 2 aromatic rings. The molecule has 0 radical (unpaired) electrons. The van der Waals surface area contributed by atoms with E-state index >= 15 is 0 Å². The van der Waals surface area contributed by atoms with Crippen molar-refractivity contribution in [2.75, 3.05) is 0 Å². The molecule has 0 amide bonds. The summed E-state index contributed by atoms with van der Waals surface area (Å²) in [6.45, 7) is 5.38. The number of hydrogen-bond donors (Lipinski definition) is 1. The first-order chi connectivity index (χ1) is 9.99. The summed E-state index contributed by atoms with van der Waals surface area (Å²) in [5, 5.41) is 9.15. The second-order valence-electron chi connectivity index (χ2n) is 5.27. The number of benzene rings is 1. The van der Waals surface area contributed by atoms with E-state index in [1.54, 1.807) is 6.92 Å². The van der Waals surface area contributed by atoms with E-state index in [2.05, 4.69) is 22.1 Å². The standard InChI is InChI=1S/C17H20N2O2/c1-11(17(20)21)16-12(2)18-15(19-13(16)3)10-9-14-7-5-4-6-8-14/h4-8,11H,9-10H2,1-3H3,(H,20,21). The third-order valence-electron chi connectivity index (χ3n) is 3.66. The molecular formula is C17H20N2O2. The van der Waals surface area contributed by atoms with E-state index in [9.17, 15) is 4.79 Å². The summed E-state index contributed by atoms with van der Waals surface area (Å²) in [5.41, 5.74) is 3.51. The first-order valence-corrected chi connectivity index (χ1v) is 7.09. The third-order valence-corrected chi connectivity index (χ3v) is 3.66. The Morgan fingerprint density at radius 2 is 1.67 bits per heavy atom. The van der Waals surface area contributed by atoms with Crippen molar-refractivity contribution in [2.45, 2.75) is 39.5 Å². The van der Waals surface area contributed by atoms with Crippen molar-refractivity contribution < 1.29 is 9.90 Å². The van der Waals surface area contributed by atoms with E-state index < -0.39 is 11.9 Å². The highest BCUT2D eigenvalue weighted by molar-refractivity contribution is 5.76. The van der Waals surface area contributed by atoms with Crippen LogP contribution in [-0.4, -0.2) is 21.0 Å². The van der Waals surface area contributed by atoms with Gasteiger partial charge in [-0.15, -0.1) is 0 Å². The number of carboxylic acid groups (broad SMARTS) is 1. The maximum absolute atomic E-state index is 11.1. The van der Waals surface area contributed by atoms with Gasteiger partial charge in [-0.05, 0) is 32.8 Å². The van der Waals surface area contributed by atoms with Gasteiger partial charge in [-0.3, -0.25) is 4.79 Å². The highest BCUT2D eigenvalue weighted by Crippen LogP contribution is 2.21. The highest BCUT2D eigenvalue weighted by Gasteiger charge is 2.20. The SMILES string of the molecule is Cc1nc(CCc2ccccc2)nc(C)c1C(C)C(=O)O. The number of aryl methyl sites for hydroxylation is 4. The van der Waals surface area contributed by atoms with Gasteiger partial charge >= 0.3 is 5.97 Å². The van der Waals surface area contributed by atoms with Crippen LogP contribution in [0.3, 0.4) is 0 Å². The first kappa shape index (κ1) is 15.2. The Morgan fingerprint density at radius 1 is 1.10 bits per heavy atom. The van der Waals surface area contributed by atoms with Crippen molar-refractivity contribution in [2.24, 2.45) is 0 Å². The minimum Gasteiger partial charge on any atom is -0.481 e. The van der Waals surface area contributed by atoms with E-state index in [1.165, 1.54) is 5.56 Å². The topological polar surface area (TPSA) is 63.1 Å². The molecular weight excluding hydrogens is 264 g/mol. The summed E-state index contributed by atoms with van der Waals surface area (Å²) in [6.07, 6.45) is 1.64. The largest absolute Gasteiger partial charge is 0.481 e. The fourth-order valence-corrected chi connectivity index (χ4v) is 2.56. The van der Waals surface area contributed by atoms with Crippen LogP contribution < -0.4 is 0 Å². The van der Waals surface area contributed by atoms with E-state index in [0.29, 0.717) is 0 Å². The van der Waals surface area contributed by atoms with E-state index in [0.717, 1.165) is 35.6 Å². The zero-order chi connectivity index (χ0) is 15.4. The van der Waals surface area contributed by atoms with Crippen molar-refractivity contribution in [1.29, 1.82) is 0 Å². The average molecular weight is 284 g/mol. The lowest BCUT2D eigenvalue weighted by Crippen LogP contribution is -2.14. The number of nitrogens with zero attached hydrogens (tertiary/aromatic N) is 2. The number of carbonyl (C=O) groups is 1. The highest BCUT2D eigenvalue weighted by atomic mass is 16.4. The van der Waals surface area contributed by atoms with E-state index in [1.807, 2.05) is 32.0 Å². The van der Waals surface area contributed by atoms with E-state index in [4.69, 9.17) is 5.11 Å². The molecule has 0 bridgehead atoms. The van der Waals surface area contributed by atoms with Crippen molar-refractivity contribution >= 4 is 5.97 Å². The molecule has 21 heavy (non-hydrogen) atoms. The molecule has 0 saturated heterocycles. The van der Waals surface area contributed by atoms with Gasteiger partial charge in [0.2, 0.25) is 0 Å². The van der Waals surface area contributed by atoms with Gasteiger partial charge < -0.3 is 5.11 Å². The second-order valence-corrected chi connectivity index (χ2v) is 5.27. The molecule has 1 atom stereocenters. The predicted octanol–water partition coefficient (Wildman–Crippen LogP) is 3.07. The van der Waals surface area contributed by atoms with Gasteiger partial charge in [0.25, 0.3) is 0 Å². The van der Waals surface area contributed by atoms with Crippen molar-refractivity contribution in [3.8, 4) is 0 Å². The van der Waals surface area contributed by atoms with Gasteiger partial charge in [-0.25, -0.2) is 9.97 Å². The molecule has 1 N–H and O–H groups in total. The van der Waals surface area contributed by atoms with Crippen LogP contribution in [0, 0.1) is 13.8 Å². The molecule has 0 saturated carbocycles. The lowest BCUT2D eigenvalue weighted by Gasteiger charge is -2.14. The van der Waals surface area contributed by atoms with Crippen LogP contribution in [0.2, 0.25) is 0 Å². The summed E-state index contributed by atoms with van der Waals surface area (Å²) >= 11 is 0. The fraction of sp³-hybridized carbons (Fsp3) is 0.353. The van der Waals surface area contributed by atoms with Crippen LogP contribution in [0.5, 0.6) is 0 Å². The maximum Gasteiger partial charge on any atom is 0.310 e. The van der Waals surface area contributed by atoms with Crippen LogP contribution >= 0.6 is 0 Å². The molecule has 1 heterocycles. The molecule has 4 nitrogen and oxygen atoms in total. The van der Waals surface area contributed by atoms with Crippen LogP contribution in [0.25, 0.3) is 0 Å². The smallest absolute Gasteiger partial charge is 0.310 e. The summed E-state index contributed by atoms with van der Waals surface area (Å²) < 4.78 is 0. The summed E-state index contributed by atoms with van der Waals surface area (Å²) in [6, 6.07) is 10.2. The van der Waals surface area contributed by atoms with Crippen molar-refractivity contribution in [3.05, 3.63) is 58.7 Å². The van der Waals surface area contributed by atoms with Crippen LogP contribution in [0.4, 0.5) is 0 Å². The quantitative estimate of drug-likeness (QED) is 0.916. The predicted molar refractivity (Wildman–Crippen MR) is 81.4 cm³/mol. The first-order valence-electron chi connectivity index (χ1n) is 7.09. The summed E-state index contributed by atoms with van der Waals surface area (Å²) in [4.78, 5) is 20.1. The Labute approximate surface area is 124 Å². The molecule has 0 spiro atoms. The molecule has 1 unspecified atom stereocenters. The molecule has 110 valence electrons. The number of aromatic nitrogens is 2. The zero-order valence-electron chi connectivity index (χ0n) is 12.6. The molecule has 4 heteroatoms. The van der Waals surface area contributed by atoms with E-state index in [-0.39, 0.29) is 0 Å². The minimum atomic E-state index is -0.846. The van der Waals surface area contributed by atoms with Gasteiger partial charge in [-0.2, -0.15) is 0 Å². The molecule has 2 rings (SSSR count). The summed E-state index contributed by atoms with van der Waals surface area (Å²) in [5.74, 6) is -0.648. The van der Waals surface area contributed by atoms with Gasteiger partial charge in [0.15, 0.2) is 0 Å². The van der Waals surface area contributed by atoms with Gasteiger partial charge in [-0.1, -0.05) is 30.3 Å². The Kier molecular flexibility index (Phi) is 4.68.